The smallest absolute Gasteiger partial charge is 0.354 e. The van der Waals surface area contributed by atoms with E-state index in [4.69, 9.17) is 44.3 Å². The van der Waals surface area contributed by atoms with Crippen molar-refractivity contribution in [3.05, 3.63) is 78.5 Å². The molecule has 11 heteroatoms. The van der Waals surface area contributed by atoms with Crippen molar-refractivity contribution in [3.8, 4) is 22.9 Å². The van der Waals surface area contributed by atoms with Gasteiger partial charge in [0.05, 0.1) is 36.4 Å². The van der Waals surface area contributed by atoms with Crippen molar-refractivity contribution in [2.45, 2.75) is 26.0 Å². The van der Waals surface area contributed by atoms with E-state index in [0.717, 1.165) is 21.0 Å². The van der Waals surface area contributed by atoms with Crippen molar-refractivity contribution in [2.75, 3.05) is 26.2 Å². The van der Waals surface area contributed by atoms with Gasteiger partial charge in [-0.2, -0.15) is 15.0 Å². The molecule has 0 spiro atoms. The first-order valence-electron chi connectivity index (χ1n) is 10.7. The maximum absolute atomic E-state index is 13.4. The number of rotatable bonds is 11. The summed E-state index contributed by atoms with van der Waals surface area (Å²) in [4.78, 5) is 25.9. The Labute approximate surface area is 217 Å². The zero-order chi connectivity index (χ0) is 25.4. The number of alkyl halides is 1. The third kappa shape index (κ3) is 6.31. The van der Waals surface area contributed by atoms with Crippen LogP contribution in [0.3, 0.4) is 0 Å². The van der Waals surface area contributed by atoms with E-state index in [1.807, 2.05) is 0 Å². The molecule has 0 saturated heterocycles. The number of halogens is 3. The van der Waals surface area contributed by atoms with Gasteiger partial charge in [-0.25, -0.2) is 9.36 Å². The Balaban J connectivity index is 2.31. The summed E-state index contributed by atoms with van der Waals surface area (Å²) in [6.45, 7) is 0.251. The molecular weight excluding hydrogens is 515 g/mol. The maximum Gasteiger partial charge on any atom is 0.354 e. The molecule has 0 N–H and O–H groups in total. The van der Waals surface area contributed by atoms with Gasteiger partial charge in [0.1, 0.15) is 12.9 Å². The van der Waals surface area contributed by atoms with Gasteiger partial charge in [-0.3, -0.25) is 4.79 Å². The minimum Gasteiger partial charge on any atom is -0.382 e. The Morgan fingerprint density at radius 3 is 2.54 bits per heavy atom. The molecule has 0 bridgehead atoms. The van der Waals surface area contributed by atoms with E-state index < -0.39 is 11.2 Å². The first-order valence-corrected chi connectivity index (χ1v) is 12.0. The van der Waals surface area contributed by atoms with E-state index in [0.29, 0.717) is 57.8 Å². The van der Waals surface area contributed by atoms with Crippen LogP contribution in [-0.2, 0) is 29.0 Å². The van der Waals surface area contributed by atoms with Crippen molar-refractivity contribution in [1.29, 1.82) is 5.26 Å². The molecule has 0 aliphatic rings. The minimum atomic E-state index is -0.693. The number of nitriles is 1. The fourth-order valence-electron chi connectivity index (χ4n) is 3.55. The highest BCUT2D eigenvalue weighted by molar-refractivity contribution is 6.32. The fraction of sp³-hybridized carbons (Fsp3) is 0.333. The second kappa shape index (κ2) is 12.9. The van der Waals surface area contributed by atoms with Gasteiger partial charge >= 0.3 is 5.69 Å². The lowest BCUT2D eigenvalue weighted by atomic mass is 9.93. The van der Waals surface area contributed by atoms with Crippen LogP contribution >= 0.6 is 34.8 Å². The third-order valence-electron chi connectivity index (χ3n) is 5.22. The highest BCUT2D eigenvalue weighted by Crippen LogP contribution is 2.37. The first-order chi connectivity index (χ1) is 16.9. The highest BCUT2D eigenvalue weighted by Gasteiger charge is 2.22. The Morgan fingerprint density at radius 2 is 1.89 bits per heavy atom. The minimum absolute atomic E-state index is 0.0722. The molecule has 3 rings (SSSR count). The zero-order valence-corrected chi connectivity index (χ0v) is 21.2. The maximum atomic E-state index is 13.4. The molecule has 1 aromatic heterocycles. The standard InChI is InChI=1S/C24H23Cl3N4O4/c1-34-11-12-35-15-30-21(32)14-29-31(24(30)33)23-19(3-2-9-25)22(27)17(8-10-28)13-20(23)16-4-6-18(26)7-5-16/h4-7,13-14H,2-3,8-9,11-12,15H2,1H3. The second-order valence-corrected chi connectivity index (χ2v) is 8.69. The molecule has 0 aliphatic carbocycles. The molecule has 1 heterocycles. The third-order valence-corrected chi connectivity index (χ3v) is 6.21. The monoisotopic (exact) mass is 536 g/mol. The van der Waals surface area contributed by atoms with Gasteiger partial charge in [-0.05, 0) is 47.7 Å². The summed E-state index contributed by atoms with van der Waals surface area (Å²) in [7, 11) is 1.52. The Kier molecular flexibility index (Phi) is 9.90. The van der Waals surface area contributed by atoms with E-state index in [2.05, 4.69) is 11.2 Å². The topological polar surface area (TPSA) is 99.1 Å². The van der Waals surface area contributed by atoms with E-state index in [9.17, 15) is 14.9 Å². The van der Waals surface area contributed by atoms with Crippen molar-refractivity contribution < 1.29 is 9.47 Å². The predicted octanol–water partition coefficient (Wildman–Crippen LogP) is 4.23. The lowest BCUT2D eigenvalue weighted by Gasteiger charge is -2.20. The number of hydrogen-bond donors (Lipinski definition) is 0. The van der Waals surface area contributed by atoms with Gasteiger partial charge in [0.15, 0.2) is 0 Å². The van der Waals surface area contributed by atoms with Gasteiger partial charge in [0, 0.05) is 23.6 Å². The molecule has 2 aromatic carbocycles. The molecule has 0 aliphatic heterocycles. The molecular formula is C24H23Cl3N4O4. The molecule has 0 saturated carbocycles. The van der Waals surface area contributed by atoms with Crippen molar-refractivity contribution in [3.63, 3.8) is 0 Å². The fourth-order valence-corrected chi connectivity index (χ4v) is 4.11. The van der Waals surface area contributed by atoms with E-state index in [-0.39, 0.29) is 19.8 Å². The van der Waals surface area contributed by atoms with E-state index >= 15 is 0 Å². The average molecular weight is 538 g/mol. The van der Waals surface area contributed by atoms with Gasteiger partial charge in [0.2, 0.25) is 0 Å². The van der Waals surface area contributed by atoms with Crippen LogP contribution in [0.4, 0.5) is 0 Å². The van der Waals surface area contributed by atoms with Crippen LogP contribution in [0.1, 0.15) is 17.5 Å². The number of aromatic nitrogens is 3. The van der Waals surface area contributed by atoms with Crippen LogP contribution in [0.2, 0.25) is 10.0 Å². The quantitative estimate of drug-likeness (QED) is 0.268. The Morgan fingerprint density at radius 1 is 1.14 bits per heavy atom. The normalized spacial score (nSPS) is 10.9. The van der Waals surface area contributed by atoms with Crippen molar-refractivity contribution in [1.82, 2.24) is 14.3 Å². The van der Waals surface area contributed by atoms with Crippen molar-refractivity contribution in [2.24, 2.45) is 0 Å². The molecule has 0 radical (unpaired) electrons. The van der Waals surface area contributed by atoms with Crippen LogP contribution in [0, 0.1) is 11.3 Å². The molecule has 184 valence electrons. The summed E-state index contributed by atoms with van der Waals surface area (Å²) in [5, 5.41) is 14.4. The second-order valence-electron chi connectivity index (χ2n) is 7.49. The molecule has 0 amide bonds. The largest absolute Gasteiger partial charge is 0.382 e. The number of nitrogens with zero attached hydrogens (tertiary/aromatic N) is 4. The molecule has 0 fully saturated rings. The van der Waals surface area contributed by atoms with Crippen LogP contribution in [0.5, 0.6) is 0 Å². The van der Waals surface area contributed by atoms with Gasteiger partial charge in [-0.15, -0.1) is 11.6 Å². The van der Waals surface area contributed by atoms with Crippen LogP contribution in [0.15, 0.2) is 46.1 Å². The molecule has 3 aromatic rings. The first kappa shape index (κ1) is 26.9. The number of ether oxygens (including phenoxy) is 2. The van der Waals surface area contributed by atoms with Crippen LogP contribution in [-0.4, -0.2) is 40.6 Å². The number of hydrogen-bond acceptors (Lipinski definition) is 6. The highest BCUT2D eigenvalue weighted by atomic mass is 35.5. The molecule has 0 unspecified atom stereocenters. The summed E-state index contributed by atoms with van der Waals surface area (Å²) in [6.07, 6.45) is 2.12. The number of benzene rings is 2. The van der Waals surface area contributed by atoms with E-state index in [1.54, 1.807) is 30.3 Å². The van der Waals surface area contributed by atoms with Gasteiger partial charge in [-0.1, -0.05) is 35.3 Å². The zero-order valence-electron chi connectivity index (χ0n) is 19.0. The lowest BCUT2D eigenvalue weighted by molar-refractivity contribution is 0.0300. The summed E-state index contributed by atoms with van der Waals surface area (Å²) >= 11 is 18.8. The SMILES string of the molecule is COCCOCn1c(=O)cnn(-c2c(-c3ccc(Cl)cc3)cc(CC#N)c(Cl)c2CCCCl)c1=O. The van der Waals surface area contributed by atoms with Crippen LogP contribution in [0.25, 0.3) is 16.8 Å². The summed E-state index contributed by atoms with van der Waals surface area (Å²) in [5.41, 5.74) is 1.66. The number of methoxy groups -OCH3 is 1. The van der Waals surface area contributed by atoms with E-state index in [1.165, 1.54) is 7.11 Å². The molecule has 8 nitrogen and oxygen atoms in total. The summed E-state index contributed by atoms with van der Waals surface area (Å²) < 4.78 is 12.4. The Hall–Kier alpha value is -2.67. The van der Waals surface area contributed by atoms with Crippen LogP contribution < -0.4 is 11.2 Å². The van der Waals surface area contributed by atoms with Gasteiger partial charge in [0.25, 0.3) is 5.56 Å². The molecule has 35 heavy (non-hydrogen) atoms. The average Bonchev–Trinajstić information content (AvgIpc) is 2.85. The summed E-state index contributed by atoms with van der Waals surface area (Å²) in [5.74, 6) is 0.365. The summed E-state index contributed by atoms with van der Waals surface area (Å²) in [6, 6.07) is 10.9. The van der Waals surface area contributed by atoms with Gasteiger partial charge < -0.3 is 9.47 Å². The predicted molar refractivity (Wildman–Crippen MR) is 136 cm³/mol. The Bertz CT molecular complexity index is 1330. The van der Waals surface area contributed by atoms with Crippen molar-refractivity contribution >= 4 is 34.8 Å². The lowest BCUT2D eigenvalue weighted by Crippen LogP contribution is -2.41. The molecule has 0 atom stereocenters.